The molecule has 0 saturated heterocycles. The summed E-state index contributed by atoms with van der Waals surface area (Å²) in [6.45, 7) is 3.06. The highest BCUT2D eigenvalue weighted by molar-refractivity contribution is 9.10. The van der Waals surface area contributed by atoms with Crippen molar-refractivity contribution in [1.29, 1.82) is 0 Å². The van der Waals surface area contributed by atoms with Crippen LogP contribution in [0.15, 0.2) is 63.7 Å². The van der Waals surface area contributed by atoms with Gasteiger partial charge in [0.25, 0.3) is 0 Å². The second kappa shape index (κ2) is 6.46. The zero-order chi connectivity index (χ0) is 14.7. The van der Waals surface area contributed by atoms with Gasteiger partial charge in [-0.15, -0.1) is 0 Å². The molecule has 1 unspecified atom stereocenters. The molecule has 0 bridgehead atoms. The number of para-hydroxylation sites is 1. The topological polar surface area (TPSA) is 25.2 Å². The van der Waals surface area contributed by atoms with Crippen molar-refractivity contribution in [2.24, 2.45) is 0 Å². The Morgan fingerprint density at radius 2 is 1.86 bits per heavy atom. The van der Waals surface area contributed by atoms with E-state index in [-0.39, 0.29) is 6.04 Å². The summed E-state index contributed by atoms with van der Waals surface area (Å²) in [5, 5.41) is 4.76. The summed E-state index contributed by atoms with van der Waals surface area (Å²) in [5.74, 6) is 0. The second-order valence-corrected chi connectivity index (χ2v) is 5.95. The Hall–Kier alpha value is -1.58. The van der Waals surface area contributed by atoms with Gasteiger partial charge in [-0.2, -0.15) is 0 Å². The molecule has 3 aromatic rings. The Morgan fingerprint density at radius 3 is 2.67 bits per heavy atom. The largest absolute Gasteiger partial charge is 0.464 e. The molecule has 0 aliphatic rings. The molecule has 2 aromatic carbocycles. The molecule has 0 fully saturated rings. The van der Waals surface area contributed by atoms with E-state index in [1.54, 1.807) is 0 Å². The SMILES string of the molecule is CCNC(Cc1ccccc1Br)c1coc2ccccc12. The molecule has 3 rings (SSSR count). The highest BCUT2D eigenvalue weighted by atomic mass is 79.9. The molecule has 1 N–H and O–H groups in total. The number of hydrogen-bond acceptors (Lipinski definition) is 2. The monoisotopic (exact) mass is 343 g/mol. The van der Waals surface area contributed by atoms with Crippen LogP contribution in [0, 0.1) is 0 Å². The number of likely N-dealkylation sites (N-methyl/N-ethyl adjacent to an activating group) is 1. The lowest BCUT2D eigenvalue weighted by molar-refractivity contribution is 0.535. The zero-order valence-corrected chi connectivity index (χ0v) is 13.6. The van der Waals surface area contributed by atoms with Gasteiger partial charge < -0.3 is 9.73 Å². The van der Waals surface area contributed by atoms with E-state index in [0.717, 1.165) is 23.0 Å². The smallest absolute Gasteiger partial charge is 0.134 e. The van der Waals surface area contributed by atoms with Crippen LogP contribution in [-0.4, -0.2) is 6.54 Å². The molecule has 1 heterocycles. The van der Waals surface area contributed by atoms with E-state index in [4.69, 9.17) is 4.42 Å². The van der Waals surface area contributed by atoms with Crippen molar-refractivity contribution < 1.29 is 4.42 Å². The van der Waals surface area contributed by atoms with Crippen LogP contribution in [0.3, 0.4) is 0 Å². The molecular formula is C18H18BrNO. The minimum Gasteiger partial charge on any atom is -0.464 e. The van der Waals surface area contributed by atoms with E-state index in [1.165, 1.54) is 16.5 Å². The van der Waals surface area contributed by atoms with E-state index >= 15 is 0 Å². The zero-order valence-electron chi connectivity index (χ0n) is 12.0. The first-order chi connectivity index (χ1) is 10.3. The Labute approximate surface area is 133 Å². The van der Waals surface area contributed by atoms with Crippen LogP contribution in [-0.2, 0) is 6.42 Å². The summed E-state index contributed by atoms with van der Waals surface area (Å²) in [4.78, 5) is 0. The lowest BCUT2D eigenvalue weighted by Gasteiger charge is -2.18. The lowest BCUT2D eigenvalue weighted by atomic mass is 9.98. The Balaban J connectivity index is 1.96. The predicted molar refractivity (Wildman–Crippen MR) is 90.5 cm³/mol. The predicted octanol–water partition coefficient (Wildman–Crippen LogP) is 5.09. The molecule has 21 heavy (non-hydrogen) atoms. The molecule has 0 spiro atoms. The third-order valence-electron chi connectivity index (χ3n) is 3.72. The fraction of sp³-hybridized carbons (Fsp3) is 0.222. The molecule has 0 radical (unpaired) electrons. The number of nitrogens with one attached hydrogen (secondary N) is 1. The number of rotatable bonds is 5. The molecule has 2 nitrogen and oxygen atoms in total. The van der Waals surface area contributed by atoms with Gasteiger partial charge in [0.2, 0.25) is 0 Å². The molecule has 1 aromatic heterocycles. The van der Waals surface area contributed by atoms with E-state index in [0.29, 0.717) is 0 Å². The van der Waals surface area contributed by atoms with E-state index in [1.807, 2.05) is 24.5 Å². The normalized spacial score (nSPS) is 12.7. The van der Waals surface area contributed by atoms with E-state index in [9.17, 15) is 0 Å². The van der Waals surface area contributed by atoms with Gasteiger partial charge in [0.15, 0.2) is 0 Å². The van der Waals surface area contributed by atoms with Gasteiger partial charge in [0, 0.05) is 21.5 Å². The fourth-order valence-electron chi connectivity index (χ4n) is 2.69. The van der Waals surface area contributed by atoms with Gasteiger partial charge >= 0.3 is 0 Å². The number of furan rings is 1. The second-order valence-electron chi connectivity index (χ2n) is 5.09. The first-order valence-electron chi connectivity index (χ1n) is 7.22. The van der Waals surface area contributed by atoms with Crippen molar-refractivity contribution in [2.75, 3.05) is 6.54 Å². The summed E-state index contributed by atoms with van der Waals surface area (Å²) in [6, 6.07) is 16.8. The Bertz CT molecular complexity index is 735. The summed E-state index contributed by atoms with van der Waals surface area (Å²) < 4.78 is 6.85. The van der Waals surface area contributed by atoms with Crippen molar-refractivity contribution in [3.63, 3.8) is 0 Å². The van der Waals surface area contributed by atoms with Crippen LogP contribution >= 0.6 is 15.9 Å². The summed E-state index contributed by atoms with van der Waals surface area (Å²) in [6.07, 6.45) is 2.81. The molecule has 1 atom stereocenters. The van der Waals surface area contributed by atoms with Crippen molar-refractivity contribution in [2.45, 2.75) is 19.4 Å². The van der Waals surface area contributed by atoms with Crippen molar-refractivity contribution in [3.05, 3.63) is 70.4 Å². The maximum absolute atomic E-state index is 5.69. The molecule has 108 valence electrons. The van der Waals surface area contributed by atoms with Crippen molar-refractivity contribution >= 4 is 26.9 Å². The number of halogens is 1. The van der Waals surface area contributed by atoms with Gasteiger partial charge in [0.05, 0.1) is 6.26 Å². The maximum atomic E-state index is 5.69. The van der Waals surface area contributed by atoms with E-state index in [2.05, 4.69) is 58.5 Å². The van der Waals surface area contributed by atoms with Crippen LogP contribution in [0.4, 0.5) is 0 Å². The quantitative estimate of drug-likeness (QED) is 0.698. The van der Waals surface area contributed by atoms with Gasteiger partial charge in [0.1, 0.15) is 5.58 Å². The molecule has 0 aliphatic heterocycles. The number of benzene rings is 2. The standard InChI is InChI=1S/C18H18BrNO/c1-2-20-17(11-13-7-3-5-9-16(13)19)15-12-21-18-10-6-4-8-14(15)18/h3-10,12,17,20H,2,11H2,1H3. The minimum absolute atomic E-state index is 0.248. The summed E-state index contributed by atoms with van der Waals surface area (Å²) in [5.41, 5.74) is 3.47. The molecule has 3 heteroatoms. The van der Waals surface area contributed by atoms with Crippen LogP contribution in [0.1, 0.15) is 24.1 Å². The summed E-state index contributed by atoms with van der Waals surface area (Å²) >= 11 is 3.64. The highest BCUT2D eigenvalue weighted by Gasteiger charge is 2.17. The van der Waals surface area contributed by atoms with Crippen LogP contribution in [0.5, 0.6) is 0 Å². The minimum atomic E-state index is 0.248. The first-order valence-corrected chi connectivity index (χ1v) is 8.01. The summed E-state index contributed by atoms with van der Waals surface area (Å²) in [7, 11) is 0. The number of fused-ring (bicyclic) bond motifs is 1. The van der Waals surface area contributed by atoms with Crippen molar-refractivity contribution in [1.82, 2.24) is 5.32 Å². The van der Waals surface area contributed by atoms with Crippen LogP contribution < -0.4 is 5.32 Å². The molecular weight excluding hydrogens is 326 g/mol. The van der Waals surface area contributed by atoms with Gasteiger partial charge in [-0.1, -0.05) is 59.3 Å². The van der Waals surface area contributed by atoms with Gasteiger partial charge in [-0.3, -0.25) is 0 Å². The third-order valence-corrected chi connectivity index (χ3v) is 4.49. The van der Waals surface area contributed by atoms with Gasteiger partial charge in [-0.05, 0) is 30.7 Å². The fourth-order valence-corrected chi connectivity index (χ4v) is 3.14. The highest BCUT2D eigenvalue weighted by Crippen LogP contribution is 2.30. The van der Waals surface area contributed by atoms with Crippen LogP contribution in [0.25, 0.3) is 11.0 Å². The average Bonchev–Trinajstić information content (AvgIpc) is 2.93. The number of hydrogen-bond donors (Lipinski definition) is 1. The first kappa shape index (κ1) is 14.4. The average molecular weight is 344 g/mol. The Kier molecular flexibility index (Phi) is 4.42. The molecule has 0 saturated carbocycles. The lowest BCUT2D eigenvalue weighted by Crippen LogP contribution is -2.22. The van der Waals surface area contributed by atoms with E-state index < -0.39 is 0 Å². The third kappa shape index (κ3) is 3.04. The molecule has 0 aliphatic carbocycles. The maximum Gasteiger partial charge on any atom is 0.134 e. The Morgan fingerprint density at radius 1 is 1.10 bits per heavy atom. The van der Waals surface area contributed by atoms with Crippen LogP contribution in [0.2, 0.25) is 0 Å². The van der Waals surface area contributed by atoms with Gasteiger partial charge in [-0.25, -0.2) is 0 Å². The molecule has 0 amide bonds. The van der Waals surface area contributed by atoms with Crippen molar-refractivity contribution in [3.8, 4) is 0 Å².